The van der Waals surface area contributed by atoms with Crippen LogP contribution in [0.25, 0.3) is 5.69 Å². The van der Waals surface area contributed by atoms with Gasteiger partial charge < -0.3 is 15.5 Å². The molecule has 2 saturated carbocycles. The average Bonchev–Trinajstić information content (AvgIpc) is 3.34. The maximum Gasteiger partial charge on any atom is 0.251 e. The normalized spacial score (nSPS) is 24.4. The number of amides is 2. The lowest BCUT2D eigenvalue weighted by atomic mass is 9.97. The minimum atomic E-state index is -0.557. The zero-order valence-corrected chi connectivity index (χ0v) is 22.0. The Bertz CT molecular complexity index is 1270. The molecule has 2 amide bonds. The molecular weight excluding hydrogens is 495 g/mol. The lowest BCUT2D eigenvalue weighted by Gasteiger charge is -2.34. The first-order valence-electron chi connectivity index (χ1n) is 14.1. The Hall–Kier alpha value is -3.59. The van der Waals surface area contributed by atoms with Gasteiger partial charge in [0.25, 0.3) is 5.91 Å². The number of piperidine rings is 1. The van der Waals surface area contributed by atoms with Crippen LogP contribution in [-0.2, 0) is 4.79 Å². The summed E-state index contributed by atoms with van der Waals surface area (Å²) >= 11 is 0. The second-order valence-electron chi connectivity index (χ2n) is 11.3. The number of benzene rings is 2. The van der Waals surface area contributed by atoms with Crippen LogP contribution >= 0.6 is 0 Å². The highest BCUT2D eigenvalue weighted by molar-refractivity contribution is 5.97. The van der Waals surface area contributed by atoms with Crippen molar-refractivity contribution >= 4 is 11.8 Å². The summed E-state index contributed by atoms with van der Waals surface area (Å²) < 4.78 is 14.9. The van der Waals surface area contributed by atoms with Crippen LogP contribution in [0.2, 0.25) is 0 Å². The Morgan fingerprint density at radius 2 is 1.74 bits per heavy atom. The molecule has 5 atom stereocenters. The fourth-order valence-electron chi connectivity index (χ4n) is 6.31. The van der Waals surface area contributed by atoms with E-state index in [9.17, 15) is 14.0 Å². The van der Waals surface area contributed by atoms with Gasteiger partial charge in [0.1, 0.15) is 11.9 Å². The first-order chi connectivity index (χ1) is 19.0. The molecule has 2 bridgehead atoms. The Morgan fingerprint density at radius 3 is 2.44 bits per heavy atom. The van der Waals surface area contributed by atoms with Gasteiger partial charge in [-0.2, -0.15) is 0 Å². The van der Waals surface area contributed by atoms with Crippen LogP contribution in [0.15, 0.2) is 60.9 Å². The van der Waals surface area contributed by atoms with Crippen LogP contribution in [0, 0.1) is 17.7 Å². The summed E-state index contributed by atoms with van der Waals surface area (Å²) in [6.07, 6.45) is 9.35. The number of aromatic nitrogens is 3. The van der Waals surface area contributed by atoms with Crippen molar-refractivity contribution < 1.29 is 14.0 Å². The topological polar surface area (TPSA) is 92.2 Å². The van der Waals surface area contributed by atoms with Crippen molar-refractivity contribution in [3.05, 3.63) is 77.9 Å². The molecule has 204 valence electrons. The van der Waals surface area contributed by atoms with E-state index >= 15 is 0 Å². The second-order valence-corrected chi connectivity index (χ2v) is 11.3. The van der Waals surface area contributed by atoms with Crippen LogP contribution in [0.5, 0.6) is 0 Å². The maximum atomic E-state index is 13.6. The molecule has 3 aliphatic rings. The van der Waals surface area contributed by atoms with Crippen LogP contribution in [0.3, 0.4) is 0 Å². The van der Waals surface area contributed by atoms with Crippen molar-refractivity contribution in [2.24, 2.45) is 11.8 Å². The van der Waals surface area contributed by atoms with Crippen LogP contribution in [-0.4, -0.2) is 63.4 Å². The molecule has 2 aromatic carbocycles. The molecule has 2 heterocycles. The standard InChI is InChI=1S/C30H35FN6O2/c31-24-9-5-22(6-10-24)26-17-28(26)32-13-1-2-27(30(39)36-18-20-3-4-21(16-20)19-36)34-29(38)23-7-11-25(12-8-23)37-15-14-33-35-37/h5-12,14-15,20-21,26-28,32H,1-4,13,16-19H2,(H,34,38)/t20?,21?,26-,27-,28?/m0/s1. The van der Waals surface area contributed by atoms with Gasteiger partial charge in [0.05, 0.1) is 18.1 Å². The Kier molecular flexibility index (Phi) is 7.41. The largest absolute Gasteiger partial charge is 0.340 e. The van der Waals surface area contributed by atoms with Gasteiger partial charge in [-0.05, 0) is 98.9 Å². The Morgan fingerprint density at radius 1 is 1.00 bits per heavy atom. The zero-order valence-electron chi connectivity index (χ0n) is 22.0. The third-order valence-corrected chi connectivity index (χ3v) is 8.50. The molecule has 39 heavy (non-hydrogen) atoms. The highest BCUT2D eigenvalue weighted by Gasteiger charge is 2.39. The molecule has 3 fully saturated rings. The first kappa shape index (κ1) is 25.7. The molecular formula is C30H35FN6O2. The van der Waals surface area contributed by atoms with Crippen molar-refractivity contribution in [3.8, 4) is 5.69 Å². The van der Waals surface area contributed by atoms with Gasteiger partial charge in [0.2, 0.25) is 5.91 Å². The second kappa shape index (κ2) is 11.3. The number of carbonyl (C=O) groups excluding carboxylic acids is 2. The van der Waals surface area contributed by atoms with E-state index in [1.165, 1.54) is 31.4 Å². The van der Waals surface area contributed by atoms with E-state index < -0.39 is 6.04 Å². The predicted molar refractivity (Wildman–Crippen MR) is 145 cm³/mol. The van der Waals surface area contributed by atoms with Crippen LogP contribution < -0.4 is 10.6 Å². The van der Waals surface area contributed by atoms with Gasteiger partial charge in [-0.3, -0.25) is 9.59 Å². The maximum absolute atomic E-state index is 13.6. The van der Waals surface area contributed by atoms with Crippen molar-refractivity contribution in [2.75, 3.05) is 19.6 Å². The molecule has 2 aliphatic carbocycles. The number of fused-ring (bicyclic) bond motifs is 2. The number of nitrogens with one attached hydrogen (secondary N) is 2. The molecule has 1 saturated heterocycles. The fraction of sp³-hybridized carbons (Fsp3) is 0.467. The molecule has 9 heteroatoms. The SMILES string of the molecule is O=C(N[C@@H](CCCNC1C[C@H]1c1ccc(F)cc1)C(=O)N1CC2CCC(C2)C1)c1ccc(-n2ccnn2)cc1. The number of hydrogen-bond donors (Lipinski definition) is 2. The van der Waals surface area contributed by atoms with Crippen molar-refractivity contribution in [2.45, 2.75) is 56.5 Å². The van der Waals surface area contributed by atoms with Crippen molar-refractivity contribution in [3.63, 3.8) is 0 Å². The molecule has 1 aliphatic heterocycles. The monoisotopic (exact) mass is 530 g/mol. The number of rotatable bonds is 10. The Balaban J connectivity index is 1.06. The lowest BCUT2D eigenvalue weighted by Crippen LogP contribution is -2.52. The van der Waals surface area contributed by atoms with Gasteiger partial charge in [-0.25, -0.2) is 9.07 Å². The molecule has 8 nitrogen and oxygen atoms in total. The molecule has 6 rings (SSSR count). The van der Waals surface area contributed by atoms with E-state index in [1.54, 1.807) is 29.2 Å². The number of nitrogens with zero attached hydrogens (tertiary/aromatic N) is 4. The summed E-state index contributed by atoms with van der Waals surface area (Å²) in [7, 11) is 0. The van der Waals surface area contributed by atoms with Gasteiger partial charge in [0.15, 0.2) is 0 Å². The van der Waals surface area contributed by atoms with Crippen LogP contribution in [0.1, 0.15) is 60.4 Å². The van der Waals surface area contributed by atoms with E-state index in [1.807, 2.05) is 29.2 Å². The summed E-state index contributed by atoms with van der Waals surface area (Å²) in [5.41, 5.74) is 2.47. The zero-order chi connectivity index (χ0) is 26.8. The minimum absolute atomic E-state index is 0.0368. The van der Waals surface area contributed by atoms with Gasteiger partial charge in [-0.15, -0.1) is 5.10 Å². The van der Waals surface area contributed by atoms with Crippen molar-refractivity contribution in [1.82, 2.24) is 30.5 Å². The Labute approximate surface area is 228 Å². The van der Waals surface area contributed by atoms with E-state index in [0.717, 1.165) is 43.7 Å². The van der Waals surface area contributed by atoms with Crippen molar-refractivity contribution in [1.29, 1.82) is 0 Å². The fourth-order valence-corrected chi connectivity index (χ4v) is 6.31. The molecule has 0 spiro atoms. The number of likely N-dealkylation sites (tertiary alicyclic amines) is 1. The highest BCUT2D eigenvalue weighted by Crippen LogP contribution is 2.40. The van der Waals surface area contributed by atoms with Gasteiger partial charge in [0, 0.05) is 30.6 Å². The molecule has 1 aromatic heterocycles. The summed E-state index contributed by atoms with van der Waals surface area (Å²) in [6.45, 7) is 2.36. The summed E-state index contributed by atoms with van der Waals surface area (Å²) in [6, 6.07) is 13.7. The number of halogens is 1. The molecule has 0 radical (unpaired) electrons. The van der Waals surface area contributed by atoms with E-state index in [-0.39, 0.29) is 17.6 Å². The first-order valence-corrected chi connectivity index (χ1v) is 14.1. The average molecular weight is 531 g/mol. The minimum Gasteiger partial charge on any atom is -0.340 e. The quantitative estimate of drug-likeness (QED) is 0.390. The van der Waals surface area contributed by atoms with Gasteiger partial charge >= 0.3 is 0 Å². The van der Waals surface area contributed by atoms with E-state index in [4.69, 9.17) is 0 Å². The summed E-state index contributed by atoms with van der Waals surface area (Å²) in [5, 5.41) is 14.4. The summed E-state index contributed by atoms with van der Waals surface area (Å²) in [5.74, 6) is 1.17. The smallest absolute Gasteiger partial charge is 0.251 e. The van der Waals surface area contributed by atoms with Gasteiger partial charge in [-0.1, -0.05) is 17.3 Å². The highest BCUT2D eigenvalue weighted by atomic mass is 19.1. The van der Waals surface area contributed by atoms with Crippen LogP contribution in [0.4, 0.5) is 4.39 Å². The predicted octanol–water partition coefficient (Wildman–Crippen LogP) is 3.69. The molecule has 3 unspecified atom stereocenters. The third kappa shape index (κ3) is 6.03. The summed E-state index contributed by atoms with van der Waals surface area (Å²) in [4.78, 5) is 28.8. The molecule has 2 N–H and O–H groups in total. The number of hydrogen-bond acceptors (Lipinski definition) is 5. The van der Waals surface area contributed by atoms with E-state index in [2.05, 4.69) is 20.9 Å². The van der Waals surface area contributed by atoms with E-state index in [0.29, 0.717) is 35.8 Å². The lowest BCUT2D eigenvalue weighted by molar-refractivity contribution is -0.135. The number of carbonyl (C=O) groups is 2. The molecule has 3 aromatic rings. The third-order valence-electron chi connectivity index (χ3n) is 8.50.